The molecule has 24 heavy (non-hydrogen) atoms. The van der Waals surface area contributed by atoms with E-state index in [4.69, 9.17) is 4.74 Å². The lowest BCUT2D eigenvalue weighted by molar-refractivity contribution is -0.130. The Morgan fingerprint density at radius 2 is 1.83 bits per heavy atom. The fourth-order valence-electron chi connectivity index (χ4n) is 3.84. The molecule has 2 saturated heterocycles. The molecule has 1 aromatic rings. The van der Waals surface area contributed by atoms with Gasteiger partial charge in [0.25, 0.3) is 0 Å². The van der Waals surface area contributed by atoms with Crippen molar-refractivity contribution in [2.24, 2.45) is 5.41 Å². The van der Waals surface area contributed by atoms with Crippen LogP contribution < -0.4 is 5.32 Å². The molecule has 1 atom stereocenters. The van der Waals surface area contributed by atoms with E-state index in [1.54, 1.807) is 4.90 Å². The summed E-state index contributed by atoms with van der Waals surface area (Å²) in [7, 11) is 0. The first-order valence-corrected chi connectivity index (χ1v) is 8.63. The summed E-state index contributed by atoms with van der Waals surface area (Å²) >= 11 is 0. The van der Waals surface area contributed by atoms with Gasteiger partial charge < -0.3 is 15.0 Å². The zero-order valence-electron chi connectivity index (χ0n) is 14.7. The highest BCUT2D eigenvalue weighted by molar-refractivity contribution is 5.87. The van der Waals surface area contributed by atoms with Crippen molar-refractivity contribution in [3.05, 3.63) is 35.9 Å². The van der Waals surface area contributed by atoms with Crippen molar-refractivity contribution >= 4 is 12.0 Å². The summed E-state index contributed by atoms with van der Waals surface area (Å²) in [5, 5.41) is 3.04. The van der Waals surface area contributed by atoms with Crippen LogP contribution in [-0.2, 0) is 9.53 Å². The van der Waals surface area contributed by atoms with Crippen LogP contribution in [0.1, 0.15) is 45.1 Å². The van der Waals surface area contributed by atoms with E-state index in [-0.39, 0.29) is 17.9 Å². The molecule has 2 aliphatic heterocycles. The zero-order chi connectivity index (χ0) is 17.4. The predicted molar refractivity (Wildman–Crippen MR) is 91.7 cm³/mol. The summed E-state index contributed by atoms with van der Waals surface area (Å²) in [4.78, 5) is 26.6. The summed E-state index contributed by atoms with van der Waals surface area (Å²) in [6.45, 7) is 7.40. The number of nitrogens with one attached hydrogen (secondary N) is 1. The fourth-order valence-corrected chi connectivity index (χ4v) is 3.84. The number of hydrogen-bond donors (Lipinski definition) is 1. The lowest BCUT2D eigenvalue weighted by atomic mass is 9.68. The number of benzene rings is 1. The van der Waals surface area contributed by atoms with Crippen LogP contribution in [0.15, 0.2) is 30.3 Å². The Balaban J connectivity index is 1.73. The van der Waals surface area contributed by atoms with Crippen molar-refractivity contribution in [3.63, 3.8) is 0 Å². The van der Waals surface area contributed by atoms with E-state index in [1.165, 1.54) is 5.56 Å². The molecule has 1 aromatic carbocycles. The van der Waals surface area contributed by atoms with Gasteiger partial charge in [-0.15, -0.1) is 0 Å². The molecular formula is C19H26N2O3. The topological polar surface area (TPSA) is 58.6 Å². The second kappa shape index (κ2) is 6.11. The highest BCUT2D eigenvalue weighted by Crippen LogP contribution is 2.47. The van der Waals surface area contributed by atoms with Gasteiger partial charge in [0.05, 0.1) is 5.41 Å². The van der Waals surface area contributed by atoms with Gasteiger partial charge in [-0.25, -0.2) is 4.79 Å². The summed E-state index contributed by atoms with van der Waals surface area (Å²) in [6, 6.07) is 10.2. The number of ether oxygens (including phenoxy) is 1. The number of carbonyl (C=O) groups excluding carboxylic acids is 2. The van der Waals surface area contributed by atoms with Crippen LogP contribution in [0.3, 0.4) is 0 Å². The molecule has 5 nitrogen and oxygen atoms in total. The van der Waals surface area contributed by atoms with Crippen LogP contribution in [0.5, 0.6) is 0 Å². The molecule has 2 fully saturated rings. The van der Waals surface area contributed by atoms with Gasteiger partial charge in [0.2, 0.25) is 5.91 Å². The number of carbonyl (C=O) groups is 2. The van der Waals surface area contributed by atoms with E-state index < -0.39 is 11.0 Å². The van der Waals surface area contributed by atoms with Gasteiger partial charge in [-0.2, -0.15) is 0 Å². The lowest BCUT2D eigenvalue weighted by Crippen LogP contribution is -2.49. The largest absolute Gasteiger partial charge is 0.444 e. The molecule has 2 aliphatic rings. The number of rotatable bonds is 1. The lowest BCUT2D eigenvalue weighted by Gasteiger charge is -2.41. The van der Waals surface area contributed by atoms with Gasteiger partial charge >= 0.3 is 6.09 Å². The number of likely N-dealkylation sites (tertiary alicyclic amines) is 1. The molecule has 3 rings (SSSR count). The first kappa shape index (κ1) is 16.8. The summed E-state index contributed by atoms with van der Waals surface area (Å²) < 4.78 is 5.45. The predicted octanol–water partition coefficient (Wildman–Crippen LogP) is 2.92. The van der Waals surface area contributed by atoms with Gasteiger partial charge in [-0.1, -0.05) is 30.3 Å². The van der Waals surface area contributed by atoms with Crippen molar-refractivity contribution < 1.29 is 14.3 Å². The van der Waals surface area contributed by atoms with Crippen molar-refractivity contribution in [1.82, 2.24) is 10.2 Å². The Kier molecular flexibility index (Phi) is 4.28. The molecule has 130 valence electrons. The maximum absolute atomic E-state index is 12.6. The molecule has 0 unspecified atom stereocenters. The number of amides is 2. The van der Waals surface area contributed by atoms with Gasteiger partial charge in [0.15, 0.2) is 0 Å². The van der Waals surface area contributed by atoms with E-state index in [2.05, 4.69) is 17.4 Å². The minimum atomic E-state index is -0.497. The quantitative estimate of drug-likeness (QED) is 0.861. The van der Waals surface area contributed by atoms with Crippen LogP contribution in [0.2, 0.25) is 0 Å². The molecule has 0 aliphatic carbocycles. The standard InChI is InChI=1S/C19H26N2O3/c1-18(2,3)24-17(23)21-11-9-19(10-12-21)15(13-20-16(19)22)14-7-5-4-6-8-14/h4-8,15H,9-13H2,1-3H3,(H,20,22)/t15-/m1/s1. The van der Waals surface area contributed by atoms with Crippen LogP contribution in [0.25, 0.3) is 0 Å². The van der Waals surface area contributed by atoms with Gasteiger partial charge in [-0.05, 0) is 39.2 Å². The third-order valence-corrected chi connectivity index (χ3v) is 5.10. The number of hydrogen-bond acceptors (Lipinski definition) is 3. The van der Waals surface area contributed by atoms with E-state index in [9.17, 15) is 9.59 Å². The van der Waals surface area contributed by atoms with Gasteiger partial charge in [0, 0.05) is 25.6 Å². The Morgan fingerprint density at radius 1 is 1.21 bits per heavy atom. The Labute approximate surface area is 143 Å². The summed E-state index contributed by atoms with van der Waals surface area (Å²) in [5.74, 6) is 0.298. The second-order valence-electron chi connectivity index (χ2n) is 7.80. The molecule has 5 heteroatoms. The molecule has 0 bridgehead atoms. The minimum Gasteiger partial charge on any atom is -0.444 e. The van der Waals surface area contributed by atoms with Crippen LogP contribution in [0, 0.1) is 5.41 Å². The van der Waals surface area contributed by atoms with Crippen LogP contribution in [-0.4, -0.2) is 42.1 Å². The molecule has 1 spiro atoms. The Morgan fingerprint density at radius 3 is 2.42 bits per heavy atom. The van der Waals surface area contributed by atoms with Crippen molar-refractivity contribution in [2.75, 3.05) is 19.6 Å². The molecular weight excluding hydrogens is 304 g/mol. The molecule has 2 heterocycles. The van der Waals surface area contributed by atoms with E-state index in [0.29, 0.717) is 32.5 Å². The maximum atomic E-state index is 12.6. The fraction of sp³-hybridized carbons (Fsp3) is 0.579. The Hall–Kier alpha value is -2.04. The number of piperidine rings is 1. The average Bonchev–Trinajstić information content (AvgIpc) is 2.84. The van der Waals surface area contributed by atoms with Crippen molar-refractivity contribution in [3.8, 4) is 0 Å². The zero-order valence-corrected chi connectivity index (χ0v) is 14.7. The highest BCUT2D eigenvalue weighted by atomic mass is 16.6. The van der Waals surface area contributed by atoms with Crippen LogP contribution >= 0.6 is 0 Å². The monoisotopic (exact) mass is 330 g/mol. The highest BCUT2D eigenvalue weighted by Gasteiger charge is 2.52. The maximum Gasteiger partial charge on any atom is 0.410 e. The molecule has 2 amide bonds. The summed E-state index contributed by atoms with van der Waals surface area (Å²) in [6.07, 6.45) is 1.07. The molecule has 1 N–H and O–H groups in total. The first-order valence-electron chi connectivity index (χ1n) is 8.63. The second-order valence-corrected chi connectivity index (χ2v) is 7.80. The number of nitrogens with zero attached hydrogens (tertiary/aromatic N) is 1. The first-order chi connectivity index (χ1) is 11.3. The molecule has 0 radical (unpaired) electrons. The average molecular weight is 330 g/mol. The third kappa shape index (κ3) is 3.12. The SMILES string of the molecule is CC(C)(C)OC(=O)N1CCC2(CC1)C(=O)NC[C@@H]2c1ccccc1. The molecule has 0 aromatic heterocycles. The van der Waals surface area contributed by atoms with E-state index in [1.807, 2.05) is 39.0 Å². The molecule has 0 saturated carbocycles. The van der Waals surface area contributed by atoms with Crippen molar-refractivity contribution in [2.45, 2.75) is 45.1 Å². The Bertz CT molecular complexity index is 613. The van der Waals surface area contributed by atoms with Crippen molar-refractivity contribution in [1.29, 1.82) is 0 Å². The van der Waals surface area contributed by atoms with Gasteiger partial charge in [0.1, 0.15) is 5.60 Å². The minimum absolute atomic E-state index is 0.125. The third-order valence-electron chi connectivity index (χ3n) is 5.10. The van der Waals surface area contributed by atoms with Gasteiger partial charge in [-0.3, -0.25) is 4.79 Å². The van der Waals surface area contributed by atoms with Crippen LogP contribution in [0.4, 0.5) is 4.79 Å². The van der Waals surface area contributed by atoms with E-state index >= 15 is 0 Å². The van der Waals surface area contributed by atoms with E-state index in [0.717, 1.165) is 0 Å². The normalized spacial score (nSPS) is 23.2. The summed E-state index contributed by atoms with van der Waals surface area (Å²) in [5.41, 5.74) is 0.296. The smallest absolute Gasteiger partial charge is 0.410 e.